The van der Waals surface area contributed by atoms with Gasteiger partial charge in [0.05, 0.1) is 0 Å². The Kier molecular flexibility index (Phi) is 8.66. The van der Waals surface area contributed by atoms with E-state index in [0.717, 1.165) is 6.04 Å². The van der Waals surface area contributed by atoms with Crippen LogP contribution < -0.4 is 0 Å². The SMILES string of the molecule is CC(C)(C)C(F)(F)[Si](C)(C)C(C)(C)C.CC(C)(C)C[Si](C)(F)C(C)(C)C. The number of rotatable bonds is 2. The van der Waals surface area contributed by atoms with Crippen LogP contribution in [0.15, 0.2) is 0 Å². The van der Waals surface area contributed by atoms with Crippen molar-refractivity contribution in [2.75, 3.05) is 0 Å². The molecular weight excluding hydrogens is 365 g/mol. The molecule has 0 saturated heterocycles. The molecule has 0 fully saturated rings. The van der Waals surface area contributed by atoms with Gasteiger partial charge in [-0.15, -0.1) is 0 Å². The molecule has 0 aromatic carbocycles. The molecule has 160 valence electrons. The largest absolute Gasteiger partial charge is 0.314 e. The summed E-state index contributed by atoms with van der Waals surface area (Å²) in [6.45, 7) is 28.5. The fraction of sp³-hybridized carbons (Fsp3) is 1.00. The van der Waals surface area contributed by atoms with Crippen LogP contribution >= 0.6 is 0 Å². The molecule has 0 aromatic rings. The highest BCUT2D eigenvalue weighted by atomic mass is 28.4. The van der Waals surface area contributed by atoms with Crippen LogP contribution in [-0.4, -0.2) is 22.0 Å². The van der Waals surface area contributed by atoms with Gasteiger partial charge in [0.15, 0.2) is 0 Å². The molecule has 1 atom stereocenters. The highest BCUT2D eigenvalue weighted by molar-refractivity contribution is 6.82. The third kappa shape index (κ3) is 7.33. The summed E-state index contributed by atoms with van der Waals surface area (Å²) in [5.74, 6) is 0. The molecule has 26 heavy (non-hydrogen) atoms. The van der Waals surface area contributed by atoms with E-state index in [-0.39, 0.29) is 15.5 Å². The molecule has 0 amide bonds. The first kappa shape index (κ1) is 28.4. The van der Waals surface area contributed by atoms with E-state index in [0.29, 0.717) is 0 Å². The van der Waals surface area contributed by atoms with Crippen molar-refractivity contribution in [3.8, 4) is 0 Å². The van der Waals surface area contributed by atoms with Gasteiger partial charge >= 0.3 is 0 Å². The van der Waals surface area contributed by atoms with Crippen molar-refractivity contribution in [1.29, 1.82) is 0 Å². The summed E-state index contributed by atoms with van der Waals surface area (Å²) in [6.07, 6.45) is 0. The number of hydrogen-bond acceptors (Lipinski definition) is 0. The van der Waals surface area contributed by atoms with Gasteiger partial charge in [0.25, 0.3) is 0 Å². The van der Waals surface area contributed by atoms with E-state index in [1.807, 2.05) is 48.1 Å². The summed E-state index contributed by atoms with van der Waals surface area (Å²) in [5, 5.41) is -0.399. The van der Waals surface area contributed by atoms with Gasteiger partial charge in [0.2, 0.25) is 14.0 Å². The van der Waals surface area contributed by atoms with E-state index < -0.39 is 27.4 Å². The van der Waals surface area contributed by atoms with Gasteiger partial charge in [-0.05, 0) is 28.1 Å². The minimum Gasteiger partial charge on any atom is -0.314 e. The maximum atomic E-state index is 14.3. The Labute approximate surface area is 164 Å². The van der Waals surface area contributed by atoms with Crippen LogP contribution in [0.2, 0.25) is 35.8 Å². The Hall–Kier alpha value is 0.224. The summed E-state index contributed by atoms with van der Waals surface area (Å²) in [4.78, 5) is 0. The van der Waals surface area contributed by atoms with Gasteiger partial charge in [-0.25, -0.2) is 8.78 Å². The topological polar surface area (TPSA) is 0 Å². The average molecular weight is 413 g/mol. The normalized spacial score (nSPS) is 17.3. The van der Waals surface area contributed by atoms with Crippen molar-refractivity contribution in [3.05, 3.63) is 0 Å². The maximum absolute atomic E-state index is 14.3. The lowest BCUT2D eigenvalue weighted by atomic mass is 9.97. The van der Waals surface area contributed by atoms with Crippen LogP contribution in [0.25, 0.3) is 0 Å². The van der Waals surface area contributed by atoms with Crippen molar-refractivity contribution in [2.24, 2.45) is 10.8 Å². The zero-order chi connectivity index (χ0) is 22.2. The summed E-state index contributed by atoms with van der Waals surface area (Å²) >= 11 is 0. The Morgan fingerprint density at radius 1 is 0.615 bits per heavy atom. The minimum atomic E-state index is -2.60. The van der Waals surface area contributed by atoms with Crippen LogP contribution in [0.3, 0.4) is 0 Å². The lowest BCUT2D eigenvalue weighted by Crippen LogP contribution is -2.60. The Morgan fingerprint density at radius 3 is 1.00 bits per heavy atom. The van der Waals surface area contributed by atoms with Gasteiger partial charge in [-0.2, -0.15) is 0 Å². The molecule has 0 aliphatic heterocycles. The monoisotopic (exact) mass is 412 g/mol. The van der Waals surface area contributed by atoms with E-state index in [9.17, 15) is 12.9 Å². The first-order valence-corrected chi connectivity index (χ1v) is 15.4. The molecular formula is C21H47F3Si2. The molecule has 0 saturated carbocycles. The van der Waals surface area contributed by atoms with Gasteiger partial charge in [-0.1, -0.05) is 96.2 Å². The van der Waals surface area contributed by atoms with E-state index in [1.54, 1.807) is 33.9 Å². The highest BCUT2D eigenvalue weighted by Gasteiger charge is 2.60. The van der Waals surface area contributed by atoms with E-state index in [1.165, 1.54) is 0 Å². The highest BCUT2D eigenvalue weighted by Crippen LogP contribution is 2.52. The molecule has 0 aromatic heterocycles. The predicted octanol–water partition coefficient (Wildman–Crippen LogP) is 9.09. The Morgan fingerprint density at radius 2 is 0.923 bits per heavy atom. The standard InChI is InChI=1S/C11H24F2Si.C10H23FSi/c1-9(2,3)11(12,13)14(7,8)10(4,5)6;1-9(2,3)8-12(7,11)10(4,5)6/h1-8H3;8H2,1-7H3. The fourth-order valence-corrected chi connectivity index (χ4v) is 8.01. The minimum absolute atomic E-state index is 0.125. The van der Waals surface area contributed by atoms with Gasteiger partial charge in [0, 0.05) is 5.41 Å². The van der Waals surface area contributed by atoms with Crippen molar-refractivity contribution in [1.82, 2.24) is 0 Å². The molecule has 0 aliphatic carbocycles. The average Bonchev–Trinajstić information content (AvgIpc) is 2.20. The van der Waals surface area contributed by atoms with Crippen molar-refractivity contribution in [3.63, 3.8) is 0 Å². The first-order chi connectivity index (χ1) is 10.7. The molecule has 0 N–H and O–H groups in total. The van der Waals surface area contributed by atoms with Gasteiger partial charge in [0.1, 0.15) is 8.07 Å². The number of alkyl halides is 2. The summed E-state index contributed by atoms with van der Waals surface area (Å²) in [5.41, 5.74) is -3.35. The third-order valence-corrected chi connectivity index (χ3v) is 17.0. The summed E-state index contributed by atoms with van der Waals surface area (Å²) < 4.78 is 42.8. The summed E-state index contributed by atoms with van der Waals surface area (Å²) in [7, 11) is -5.14. The fourth-order valence-electron chi connectivity index (χ4n) is 2.67. The van der Waals surface area contributed by atoms with Gasteiger partial charge < -0.3 is 4.11 Å². The smallest absolute Gasteiger partial charge is 0.249 e. The predicted molar refractivity (Wildman–Crippen MR) is 118 cm³/mol. The van der Waals surface area contributed by atoms with Crippen LogP contribution in [0.4, 0.5) is 12.9 Å². The number of hydrogen-bond donors (Lipinski definition) is 0. The lowest BCUT2D eigenvalue weighted by molar-refractivity contribution is -0.0305. The molecule has 5 heteroatoms. The molecule has 1 unspecified atom stereocenters. The molecule has 0 radical (unpaired) electrons. The van der Waals surface area contributed by atoms with Crippen LogP contribution in [-0.2, 0) is 0 Å². The quantitative estimate of drug-likeness (QED) is 0.313. The van der Waals surface area contributed by atoms with Crippen LogP contribution in [0.1, 0.15) is 83.1 Å². The van der Waals surface area contributed by atoms with Crippen molar-refractivity contribution in [2.45, 2.75) is 124 Å². The molecule has 0 heterocycles. The maximum Gasteiger partial charge on any atom is 0.249 e. The molecule has 0 rings (SSSR count). The zero-order valence-corrected chi connectivity index (χ0v) is 22.3. The molecule has 0 aliphatic rings. The molecule has 0 bridgehead atoms. The van der Waals surface area contributed by atoms with E-state index in [4.69, 9.17) is 0 Å². The molecule has 0 nitrogen and oxygen atoms in total. The van der Waals surface area contributed by atoms with Crippen molar-refractivity contribution >= 4 is 16.5 Å². The molecule has 0 spiro atoms. The second kappa shape index (κ2) is 7.92. The second-order valence-electron chi connectivity index (χ2n) is 12.9. The second-order valence-corrected chi connectivity index (χ2v) is 22.5. The van der Waals surface area contributed by atoms with E-state index >= 15 is 0 Å². The lowest BCUT2D eigenvalue weighted by Gasteiger charge is -2.48. The Balaban J connectivity index is 0. The van der Waals surface area contributed by atoms with Crippen molar-refractivity contribution < 1.29 is 12.9 Å². The zero-order valence-electron chi connectivity index (χ0n) is 20.3. The van der Waals surface area contributed by atoms with Crippen LogP contribution in [0, 0.1) is 10.8 Å². The number of halogens is 3. The van der Waals surface area contributed by atoms with Crippen LogP contribution in [0.5, 0.6) is 0 Å². The third-order valence-electron chi connectivity index (χ3n) is 6.03. The van der Waals surface area contributed by atoms with E-state index in [2.05, 4.69) is 20.8 Å². The van der Waals surface area contributed by atoms with Gasteiger partial charge in [-0.3, -0.25) is 0 Å². The first-order valence-electron chi connectivity index (χ1n) is 9.77. The Bertz CT molecular complexity index is 416. The summed E-state index contributed by atoms with van der Waals surface area (Å²) in [6, 6.07) is 0.753.